The van der Waals surface area contributed by atoms with E-state index in [4.69, 9.17) is 27.9 Å². The maximum absolute atomic E-state index is 12.3. The van der Waals surface area contributed by atoms with Crippen molar-refractivity contribution in [3.63, 3.8) is 0 Å². The van der Waals surface area contributed by atoms with Crippen LogP contribution in [0.5, 0.6) is 0 Å². The summed E-state index contributed by atoms with van der Waals surface area (Å²) in [6.45, 7) is 1.26. The number of ether oxygens (including phenoxy) is 1. The van der Waals surface area contributed by atoms with Crippen molar-refractivity contribution in [2.75, 3.05) is 18.5 Å². The highest BCUT2D eigenvalue weighted by Gasteiger charge is 2.16. The molecule has 2 N–H and O–H groups in total. The molecule has 0 bridgehead atoms. The molecule has 2 amide bonds. The van der Waals surface area contributed by atoms with Gasteiger partial charge in [-0.15, -0.1) is 0 Å². The predicted octanol–water partition coefficient (Wildman–Crippen LogP) is 4.15. The largest absolute Gasteiger partial charge is 0.376 e. The summed E-state index contributed by atoms with van der Waals surface area (Å²) in [5.74, 6) is -0.495. The minimum Gasteiger partial charge on any atom is -0.376 e. The number of amides is 2. The Balaban J connectivity index is 1.58. The van der Waals surface area contributed by atoms with Crippen molar-refractivity contribution in [1.29, 1.82) is 0 Å². The number of benzene rings is 2. The Kier molecular flexibility index (Phi) is 6.14. The molecule has 0 aromatic heterocycles. The van der Waals surface area contributed by atoms with Crippen LogP contribution in [0.2, 0.25) is 10.0 Å². The molecular formula is C19H18Cl2N2O3. The smallest absolute Gasteiger partial charge is 0.255 e. The number of carbonyl (C=O) groups is 2. The molecule has 0 unspecified atom stereocenters. The summed E-state index contributed by atoms with van der Waals surface area (Å²) < 4.78 is 5.48. The van der Waals surface area contributed by atoms with E-state index < -0.39 is 0 Å². The Bertz CT molecular complexity index is 783. The first-order valence-corrected chi connectivity index (χ1v) is 9.04. The number of hydrogen-bond donors (Lipinski definition) is 2. The van der Waals surface area contributed by atoms with Crippen LogP contribution in [0.15, 0.2) is 42.5 Å². The zero-order chi connectivity index (χ0) is 18.5. The average molecular weight is 393 g/mol. The van der Waals surface area contributed by atoms with Crippen LogP contribution in [0.3, 0.4) is 0 Å². The minimum absolute atomic E-state index is 0.0991. The molecule has 1 aliphatic heterocycles. The van der Waals surface area contributed by atoms with Gasteiger partial charge < -0.3 is 15.4 Å². The van der Waals surface area contributed by atoms with Crippen LogP contribution in [0.1, 0.15) is 33.6 Å². The Morgan fingerprint density at radius 2 is 1.69 bits per heavy atom. The fourth-order valence-corrected chi connectivity index (χ4v) is 3.23. The molecule has 0 aliphatic carbocycles. The highest BCUT2D eigenvalue weighted by molar-refractivity contribution is 6.35. The molecule has 3 rings (SSSR count). The third-order valence-corrected chi connectivity index (χ3v) is 4.48. The second-order valence-electron chi connectivity index (χ2n) is 6.03. The van der Waals surface area contributed by atoms with Crippen LogP contribution in [0, 0.1) is 0 Å². The van der Waals surface area contributed by atoms with Crippen molar-refractivity contribution < 1.29 is 14.3 Å². The summed E-state index contributed by atoms with van der Waals surface area (Å²) in [6.07, 6.45) is 2.10. The Morgan fingerprint density at radius 1 is 1.00 bits per heavy atom. The monoisotopic (exact) mass is 392 g/mol. The molecule has 136 valence electrons. The predicted molar refractivity (Wildman–Crippen MR) is 102 cm³/mol. The summed E-state index contributed by atoms with van der Waals surface area (Å²) in [5.41, 5.74) is 1.45. The van der Waals surface area contributed by atoms with Gasteiger partial charge in [0, 0.05) is 40.0 Å². The first-order valence-electron chi connectivity index (χ1n) is 8.28. The van der Waals surface area contributed by atoms with Crippen molar-refractivity contribution in [2.24, 2.45) is 0 Å². The Morgan fingerprint density at radius 3 is 2.31 bits per heavy atom. The molecule has 7 heteroatoms. The molecule has 1 aliphatic rings. The van der Waals surface area contributed by atoms with Gasteiger partial charge >= 0.3 is 0 Å². The highest BCUT2D eigenvalue weighted by atomic mass is 35.5. The standard InChI is InChI=1S/C19H18Cl2N2O3/c20-14-8-13(9-15(21)10-14)19(25)23-16-5-3-12(4-6-16)18(24)22-11-17-2-1-7-26-17/h3-6,8-10,17H,1-2,7,11H2,(H,22,24)(H,23,25)/t17-/m1/s1. The van der Waals surface area contributed by atoms with E-state index in [9.17, 15) is 9.59 Å². The second kappa shape index (κ2) is 8.54. The third kappa shape index (κ3) is 4.97. The number of carbonyl (C=O) groups excluding carboxylic acids is 2. The zero-order valence-electron chi connectivity index (χ0n) is 13.9. The fraction of sp³-hybridized carbons (Fsp3) is 0.263. The molecule has 26 heavy (non-hydrogen) atoms. The van der Waals surface area contributed by atoms with E-state index in [-0.39, 0.29) is 17.9 Å². The SMILES string of the molecule is O=C(NC[C@H]1CCCO1)c1ccc(NC(=O)c2cc(Cl)cc(Cl)c2)cc1. The lowest BCUT2D eigenvalue weighted by molar-refractivity contribution is 0.0857. The molecule has 1 fully saturated rings. The maximum atomic E-state index is 12.3. The first kappa shape index (κ1) is 18.7. The van der Waals surface area contributed by atoms with Crippen LogP contribution >= 0.6 is 23.2 Å². The number of halogens is 2. The van der Waals surface area contributed by atoms with Crippen LogP contribution < -0.4 is 10.6 Å². The summed E-state index contributed by atoms with van der Waals surface area (Å²) in [4.78, 5) is 24.4. The van der Waals surface area contributed by atoms with Crippen LogP contribution in [-0.2, 0) is 4.74 Å². The van der Waals surface area contributed by atoms with Gasteiger partial charge in [-0.3, -0.25) is 9.59 Å². The first-order chi connectivity index (χ1) is 12.5. The number of nitrogens with one attached hydrogen (secondary N) is 2. The molecule has 1 atom stereocenters. The molecule has 0 radical (unpaired) electrons. The zero-order valence-corrected chi connectivity index (χ0v) is 15.4. The molecule has 2 aromatic carbocycles. The number of hydrogen-bond acceptors (Lipinski definition) is 3. The van der Waals surface area contributed by atoms with E-state index >= 15 is 0 Å². The van der Waals surface area contributed by atoms with Crippen molar-refractivity contribution in [1.82, 2.24) is 5.32 Å². The number of anilines is 1. The van der Waals surface area contributed by atoms with Crippen LogP contribution in [0.25, 0.3) is 0 Å². The molecule has 1 saturated heterocycles. The maximum Gasteiger partial charge on any atom is 0.255 e. The van der Waals surface area contributed by atoms with E-state index in [0.29, 0.717) is 33.4 Å². The topological polar surface area (TPSA) is 67.4 Å². The Hall–Kier alpha value is -2.08. The lowest BCUT2D eigenvalue weighted by Gasteiger charge is -2.11. The number of rotatable bonds is 5. The minimum atomic E-state index is -0.329. The van der Waals surface area contributed by atoms with Gasteiger partial charge in [0.25, 0.3) is 11.8 Å². The van der Waals surface area contributed by atoms with Gasteiger partial charge in [-0.25, -0.2) is 0 Å². The van der Waals surface area contributed by atoms with E-state index in [2.05, 4.69) is 10.6 Å². The van der Waals surface area contributed by atoms with Gasteiger partial charge in [0.05, 0.1) is 6.10 Å². The van der Waals surface area contributed by atoms with Crippen LogP contribution in [-0.4, -0.2) is 31.1 Å². The summed E-state index contributed by atoms with van der Waals surface area (Å²) in [7, 11) is 0. The quantitative estimate of drug-likeness (QED) is 0.802. The van der Waals surface area contributed by atoms with E-state index in [1.165, 1.54) is 12.1 Å². The third-order valence-electron chi connectivity index (χ3n) is 4.04. The lowest BCUT2D eigenvalue weighted by Crippen LogP contribution is -2.31. The summed E-state index contributed by atoms with van der Waals surface area (Å²) in [5, 5.41) is 6.39. The van der Waals surface area contributed by atoms with Gasteiger partial charge in [-0.1, -0.05) is 23.2 Å². The van der Waals surface area contributed by atoms with Gasteiger partial charge in [0.2, 0.25) is 0 Å². The molecule has 2 aromatic rings. The van der Waals surface area contributed by atoms with Gasteiger partial charge in [0.15, 0.2) is 0 Å². The highest BCUT2D eigenvalue weighted by Crippen LogP contribution is 2.20. The summed E-state index contributed by atoms with van der Waals surface area (Å²) in [6, 6.07) is 11.3. The lowest BCUT2D eigenvalue weighted by atomic mass is 10.1. The van der Waals surface area contributed by atoms with E-state index in [1.807, 2.05) is 0 Å². The second-order valence-corrected chi connectivity index (χ2v) is 6.91. The van der Waals surface area contributed by atoms with Crippen molar-refractivity contribution in [3.8, 4) is 0 Å². The average Bonchev–Trinajstić information content (AvgIpc) is 3.13. The summed E-state index contributed by atoms with van der Waals surface area (Å²) >= 11 is 11.8. The van der Waals surface area contributed by atoms with Gasteiger partial charge in [0.1, 0.15) is 0 Å². The molecule has 1 heterocycles. The fourth-order valence-electron chi connectivity index (χ4n) is 2.71. The van der Waals surface area contributed by atoms with Crippen LogP contribution in [0.4, 0.5) is 5.69 Å². The van der Waals surface area contributed by atoms with E-state index in [1.54, 1.807) is 30.3 Å². The van der Waals surface area contributed by atoms with Crippen molar-refractivity contribution in [2.45, 2.75) is 18.9 Å². The van der Waals surface area contributed by atoms with Crippen molar-refractivity contribution in [3.05, 3.63) is 63.6 Å². The van der Waals surface area contributed by atoms with Gasteiger partial charge in [-0.05, 0) is 55.3 Å². The molecule has 0 saturated carbocycles. The normalized spacial score (nSPS) is 16.3. The molecular weight excluding hydrogens is 375 g/mol. The molecule has 0 spiro atoms. The van der Waals surface area contributed by atoms with E-state index in [0.717, 1.165) is 19.4 Å². The van der Waals surface area contributed by atoms with Gasteiger partial charge in [-0.2, -0.15) is 0 Å². The Labute approximate surface area is 161 Å². The van der Waals surface area contributed by atoms with Crippen molar-refractivity contribution >= 4 is 40.7 Å². The molecule has 5 nitrogen and oxygen atoms in total.